The van der Waals surface area contributed by atoms with Gasteiger partial charge in [0.2, 0.25) is 11.7 Å². The highest BCUT2D eigenvalue weighted by Gasteiger charge is 2.25. The fraction of sp³-hybridized carbons (Fsp3) is 0.381. The van der Waals surface area contributed by atoms with Crippen molar-refractivity contribution >= 4 is 29.0 Å². The largest absolute Gasteiger partial charge is 0.493 e. The van der Waals surface area contributed by atoms with E-state index in [1.54, 1.807) is 33.5 Å². The SMILES string of the molecule is CC[C@@H]1CN(CC(=O)Nc2cc(OC)c(OC)c(OC)c2)c2ccccc2S1. The van der Waals surface area contributed by atoms with Gasteiger partial charge in [-0.2, -0.15) is 0 Å². The molecule has 1 aliphatic heterocycles. The normalized spacial score (nSPS) is 15.6. The van der Waals surface area contributed by atoms with Gasteiger partial charge in [-0.3, -0.25) is 4.79 Å². The van der Waals surface area contributed by atoms with Gasteiger partial charge in [-0.1, -0.05) is 19.1 Å². The number of nitrogens with one attached hydrogen (secondary N) is 1. The molecule has 1 N–H and O–H groups in total. The molecule has 1 aliphatic rings. The van der Waals surface area contributed by atoms with Crippen molar-refractivity contribution in [1.29, 1.82) is 0 Å². The zero-order chi connectivity index (χ0) is 20.1. The molecule has 0 radical (unpaired) electrons. The standard InChI is InChI=1S/C21H26N2O4S/c1-5-15-12-23(16-8-6-7-9-19(16)28-15)13-20(24)22-14-10-17(25-2)21(27-4)18(11-14)26-3/h6-11,15H,5,12-13H2,1-4H3,(H,22,24)/t15-/m1/s1. The van der Waals surface area contributed by atoms with Gasteiger partial charge >= 0.3 is 0 Å². The lowest BCUT2D eigenvalue weighted by molar-refractivity contribution is -0.115. The first-order valence-electron chi connectivity index (χ1n) is 9.20. The van der Waals surface area contributed by atoms with Gasteiger partial charge in [0.1, 0.15) is 0 Å². The van der Waals surface area contributed by atoms with Gasteiger partial charge in [0.05, 0.1) is 33.6 Å². The molecule has 6 nitrogen and oxygen atoms in total. The monoisotopic (exact) mass is 402 g/mol. The molecule has 2 aromatic rings. The van der Waals surface area contributed by atoms with Gasteiger partial charge in [0.15, 0.2) is 11.5 Å². The van der Waals surface area contributed by atoms with Crippen molar-refractivity contribution < 1.29 is 19.0 Å². The third-order valence-corrected chi connectivity index (χ3v) is 6.08. The lowest BCUT2D eigenvalue weighted by Gasteiger charge is -2.34. The van der Waals surface area contributed by atoms with Gasteiger partial charge in [0.25, 0.3) is 0 Å². The molecule has 28 heavy (non-hydrogen) atoms. The van der Waals surface area contributed by atoms with Crippen LogP contribution in [0.5, 0.6) is 17.2 Å². The summed E-state index contributed by atoms with van der Waals surface area (Å²) in [4.78, 5) is 16.1. The van der Waals surface area contributed by atoms with Crippen molar-refractivity contribution in [2.45, 2.75) is 23.5 Å². The Kier molecular flexibility index (Phi) is 6.57. The second-order valence-electron chi connectivity index (χ2n) is 6.46. The molecule has 7 heteroatoms. The third-order valence-electron chi connectivity index (χ3n) is 4.66. The lowest BCUT2D eigenvalue weighted by Crippen LogP contribution is -2.40. The predicted octanol–water partition coefficient (Wildman–Crippen LogP) is 4.04. The number of thioether (sulfide) groups is 1. The summed E-state index contributed by atoms with van der Waals surface area (Å²) in [7, 11) is 4.65. The second kappa shape index (κ2) is 9.10. The predicted molar refractivity (Wildman–Crippen MR) is 113 cm³/mol. The van der Waals surface area contributed by atoms with E-state index < -0.39 is 0 Å². The minimum absolute atomic E-state index is 0.0918. The van der Waals surface area contributed by atoms with Crippen molar-refractivity contribution in [3.05, 3.63) is 36.4 Å². The number of amides is 1. The summed E-state index contributed by atoms with van der Waals surface area (Å²) in [5.74, 6) is 1.41. The Labute approximate surface area is 170 Å². The van der Waals surface area contributed by atoms with E-state index in [9.17, 15) is 4.79 Å². The Bertz CT molecular complexity index is 818. The van der Waals surface area contributed by atoms with Crippen LogP contribution >= 0.6 is 11.8 Å². The number of methoxy groups -OCH3 is 3. The van der Waals surface area contributed by atoms with E-state index in [0.717, 1.165) is 18.7 Å². The Morgan fingerprint density at radius 1 is 1.14 bits per heavy atom. The maximum Gasteiger partial charge on any atom is 0.243 e. The lowest BCUT2D eigenvalue weighted by atomic mass is 10.2. The van der Waals surface area contributed by atoms with Crippen molar-refractivity contribution in [2.24, 2.45) is 0 Å². The van der Waals surface area contributed by atoms with Crippen LogP contribution in [-0.4, -0.2) is 45.6 Å². The number of rotatable bonds is 7. The molecule has 1 heterocycles. The fourth-order valence-corrected chi connectivity index (χ4v) is 4.52. The van der Waals surface area contributed by atoms with E-state index in [0.29, 0.717) is 28.2 Å². The zero-order valence-corrected chi connectivity index (χ0v) is 17.5. The number of fused-ring (bicyclic) bond motifs is 1. The molecule has 0 aliphatic carbocycles. The molecule has 0 saturated carbocycles. The summed E-state index contributed by atoms with van der Waals surface area (Å²) >= 11 is 1.89. The average Bonchev–Trinajstić information content (AvgIpc) is 2.72. The Hall–Kier alpha value is -2.54. The Balaban J connectivity index is 1.77. The minimum atomic E-state index is -0.0918. The van der Waals surface area contributed by atoms with E-state index in [1.807, 2.05) is 23.9 Å². The molecule has 3 rings (SSSR count). The molecule has 150 valence electrons. The van der Waals surface area contributed by atoms with Gasteiger partial charge in [-0.25, -0.2) is 0 Å². The van der Waals surface area contributed by atoms with Gasteiger partial charge in [-0.05, 0) is 18.6 Å². The van der Waals surface area contributed by atoms with Crippen LogP contribution in [0.4, 0.5) is 11.4 Å². The maximum absolute atomic E-state index is 12.8. The Morgan fingerprint density at radius 3 is 2.43 bits per heavy atom. The maximum atomic E-state index is 12.8. The van der Waals surface area contributed by atoms with Crippen molar-refractivity contribution in [2.75, 3.05) is 44.6 Å². The number of benzene rings is 2. The highest BCUT2D eigenvalue weighted by molar-refractivity contribution is 8.00. The van der Waals surface area contributed by atoms with E-state index in [-0.39, 0.29) is 12.5 Å². The van der Waals surface area contributed by atoms with E-state index >= 15 is 0 Å². The first-order chi connectivity index (χ1) is 13.6. The van der Waals surface area contributed by atoms with Crippen molar-refractivity contribution in [3.63, 3.8) is 0 Å². The number of ether oxygens (including phenoxy) is 3. The quantitative estimate of drug-likeness (QED) is 0.754. The summed E-state index contributed by atoms with van der Waals surface area (Å²) in [5.41, 5.74) is 1.71. The smallest absolute Gasteiger partial charge is 0.243 e. The molecule has 2 aromatic carbocycles. The van der Waals surface area contributed by atoms with Crippen LogP contribution in [0.15, 0.2) is 41.3 Å². The number of nitrogens with zero attached hydrogens (tertiary/aromatic N) is 1. The van der Waals surface area contributed by atoms with Crippen LogP contribution in [0.1, 0.15) is 13.3 Å². The average molecular weight is 403 g/mol. The number of carbonyl (C=O) groups excluding carboxylic acids is 1. The number of hydrogen-bond donors (Lipinski definition) is 1. The van der Waals surface area contributed by atoms with Crippen molar-refractivity contribution in [3.8, 4) is 17.2 Å². The molecule has 0 unspecified atom stereocenters. The van der Waals surface area contributed by atoms with Crippen LogP contribution < -0.4 is 24.4 Å². The molecule has 0 aromatic heterocycles. The molecule has 0 bridgehead atoms. The second-order valence-corrected chi connectivity index (χ2v) is 7.80. The van der Waals surface area contributed by atoms with Crippen LogP contribution in [0.3, 0.4) is 0 Å². The number of para-hydroxylation sites is 1. The van der Waals surface area contributed by atoms with Gasteiger partial charge in [-0.15, -0.1) is 11.8 Å². The van der Waals surface area contributed by atoms with Crippen LogP contribution in [-0.2, 0) is 4.79 Å². The molecular formula is C21H26N2O4S. The highest BCUT2D eigenvalue weighted by atomic mass is 32.2. The molecule has 0 spiro atoms. The summed E-state index contributed by atoms with van der Waals surface area (Å²) in [6.07, 6.45) is 1.06. The number of anilines is 2. The van der Waals surface area contributed by atoms with Gasteiger partial charge in [0, 0.05) is 34.5 Å². The summed E-state index contributed by atoms with van der Waals surface area (Å²) in [6, 6.07) is 11.7. The van der Waals surface area contributed by atoms with Crippen LogP contribution in [0.25, 0.3) is 0 Å². The summed E-state index contributed by atoms with van der Waals surface area (Å²) < 4.78 is 16.0. The molecular weight excluding hydrogens is 376 g/mol. The van der Waals surface area contributed by atoms with Crippen LogP contribution in [0, 0.1) is 0 Å². The van der Waals surface area contributed by atoms with E-state index in [4.69, 9.17) is 14.2 Å². The molecule has 0 saturated heterocycles. The minimum Gasteiger partial charge on any atom is -0.493 e. The van der Waals surface area contributed by atoms with E-state index in [1.165, 1.54) is 4.90 Å². The topological polar surface area (TPSA) is 60.0 Å². The molecule has 1 atom stereocenters. The summed E-state index contributed by atoms with van der Waals surface area (Å²) in [5, 5.41) is 3.43. The zero-order valence-electron chi connectivity index (χ0n) is 16.7. The number of carbonyl (C=O) groups is 1. The van der Waals surface area contributed by atoms with E-state index in [2.05, 4.69) is 29.3 Å². The van der Waals surface area contributed by atoms with Gasteiger partial charge < -0.3 is 24.4 Å². The Morgan fingerprint density at radius 2 is 1.82 bits per heavy atom. The first kappa shape index (κ1) is 20.2. The number of hydrogen-bond acceptors (Lipinski definition) is 6. The first-order valence-corrected chi connectivity index (χ1v) is 10.1. The molecule has 0 fully saturated rings. The van der Waals surface area contributed by atoms with Crippen LogP contribution in [0.2, 0.25) is 0 Å². The highest BCUT2D eigenvalue weighted by Crippen LogP contribution is 2.41. The summed E-state index contributed by atoms with van der Waals surface area (Å²) in [6.45, 7) is 3.31. The third kappa shape index (κ3) is 4.30. The fourth-order valence-electron chi connectivity index (χ4n) is 3.27. The van der Waals surface area contributed by atoms with Crippen molar-refractivity contribution in [1.82, 2.24) is 0 Å². The molecule has 1 amide bonds.